The number of Topliss-reactive ketones (excluding diaryl/α,β-unsaturated/α-hetero) is 1. The van der Waals surface area contributed by atoms with Crippen molar-refractivity contribution >= 4 is 5.78 Å². The lowest BCUT2D eigenvalue weighted by molar-refractivity contribution is -0.123. The Morgan fingerprint density at radius 1 is 1.37 bits per heavy atom. The lowest BCUT2D eigenvalue weighted by Gasteiger charge is -2.34. The van der Waals surface area contributed by atoms with Crippen molar-refractivity contribution in [1.29, 1.82) is 0 Å². The number of likely N-dealkylation sites (tertiary alicyclic amines) is 1. The van der Waals surface area contributed by atoms with Gasteiger partial charge in [-0.3, -0.25) is 9.69 Å². The van der Waals surface area contributed by atoms with E-state index in [-0.39, 0.29) is 23.8 Å². The molecule has 1 unspecified atom stereocenters. The van der Waals surface area contributed by atoms with Crippen LogP contribution in [-0.4, -0.2) is 30.3 Å². The number of ketones is 1. The average Bonchev–Trinajstić information content (AvgIpc) is 2.39. The molecule has 1 aromatic rings. The molecule has 0 amide bonds. The molecule has 1 aliphatic rings. The third kappa shape index (κ3) is 3.60. The van der Waals surface area contributed by atoms with Crippen LogP contribution >= 0.6 is 0 Å². The van der Waals surface area contributed by atoms with E-state index in [4.69, 9.17) is 0 Å². The summed E-state index contributed by atoms with van der Waals surface area (Å²) in [5, 5.41) is 0. The number of alkyl halides is 2. The van der Waals surface area contributed by atoms with Gasteiger partial charge in [0.25, 0.3) is 5.92 Å². The van der Waals surface area contributed by atoms with Crippen LogP contribution in [0.25, 0.3) is 0 Å². The summed E-state index contributed by atoms with van der Waals surface area (Å²) in [4.78, 5) is 13.1. The Kier molecular flexibility index (Phi) is 4.30. The molecule has 0 bridgehead atoms. The smallest absolute Gasteiger partial charge is 0.285 e. The van der Waals surface area contributed by atoms with Gasteiger partial charge < -0.3 is 0 Å². The molecule has 19 heavy (non-hydrogen) atoms. The van der Waals surface area contributed by atoms with Gasteiger partial charge >= 0.3 is 0 Å². The zero-order valence-corrected chi connectivity index (χ0v) is 11.1. The fourth-order valence-corrected chi connectivity index (χ4v) is 2.59. The van der Waals surface area contributed by atoms with Gasteiger partial charge in [0.15, 0.2) is 0 Å². The van der Waals surface area contributed by atoms with Crippen molar-refractivity contribution in [1.82, 2.24) is 4.90 Å². The maximum absolute atomic E-state index is 14.1. The van der Waals surface area contributed by atoms with E-state index in [0.717, 1.165) is 12.8 Å². The summed E-state index contributed by atoms with van der Waals surface area (Å²) < 4.78 is 28.3. The Morgan fingerprint density at radius 2 is 2.05 bits per heavy atom. The van der Waals surface area contributed by atoms with Gasteiger partial charge in [0, 0.05) is 18.0 Å². The first-order valence-electron chi connectivity index (χ1n) is 6.65. The first kappa shape index (κ1) is 14.1. The van der Waals surface area contributed by atoms with Crippen molar-refractivity contribution in [3.05, 3.63) is 35.9 Å². The summed E-state index contributed by atoms with van der Waals surface area (Å²) in [5.74, 6) is -2.84. The molecule has 1 fully saturated rings. The lowest BCUT2D eigenvalue weighted by atomic mass is 9.94. The average molecular weight is 267 g/mol. The normalized spacial score (nSPS) is 21.3. The lowest BCUT2D eigenvalue weighted by Crippen LogP contribution is -2.43. The summed E-state index contributed by atoms with van der Waals surface area (Å²) >= 11 is 0. The molecule has 1 saturated heterocycles. The van der Waals surface area contributed by atoms with Crippen molar-refractivity contribution in [3.63, 3.8) is 0 Å². The molecule has 2 rings (SSSR count). The van der Waals surface area contributed by atoms with Crippen LogP contribution in [-0.2, 0) is 10.7 Å². The zero-order valence-electron chi connectivity index (χ0n) is 11.1. The maximum Gasteiger partial charge on any atom is 0.285 e. The first-order chi connectivity index (χ1) is 8.99. The van der Waals surface area contributed by atoms with E-state index < -0.39 is 5.92 Å². The first-order valence-corrected chi connectivity index (χ1v) is 6.65. The number of hydrogen-bond donors (Lipinski definition) is 0. The standard InChI is InChI=1S/C15H19F2NO/c1-12(19)13-6-5-9-18(10-13)11-15(16,17)14-7-3-2-4-8-14/h2-4,7-8,13H,5-6,9-11H2,1H3. The van der Waals surface area contributed by atoms with Crippen molar-refractivity contribution in [3.8, 4) is 0 Å². The Balaban J connectivity index is 2.02. The van der Waals surface area contributed by atoms with Crippen LogP contribution in [0.15, 0.2) is 30.3 Å². The number of carbonyl (C=O) groups is 1. The van der Waals surface area contributed by atoms with Crippen LogP contribution in [0.4, 0.5) is 8.78 Å². The van der Waals surface area contributed by atoms with E-state index in [9.17, 15) is 13.6 Å². The summed E-state index contributed by atoms with van der Waals surface area (Å²) in [6, 6.07) is 7.88. The molecular formula is C15H19F2NO. The minimum absolute atomic E-state index is 0.0416. The molecule has 4 heteroatoms. The van der Waals surface area contributed by atoms with Gasteiger partial charge in [0.1, 0.15) is 5.78 Å². The van der Waals surface area contributed by atoms with Crippen LogP contribution in [0.1, 0.15) is 25.3 Å². The molecular weight excluding hydrogens is 248 g/mol. The highest BCUT2D eigenvalue weighted by Crippen LogP contribution is 2.30. The highest BCUT2D eigenvalue weighted by molar-refractivity contribution is 5.78. The highest BCUT2D eigenvalue weighted by Gasteiger charge is 2.35. The molecule has 1 aromatic carbocycles. The van der Waals surface area contributed by atoms with E-state index in [1.54, 1.807) is 30.0 Å². The predicted octanol–water partition coefficient (Wildman–Crippen LogP) is 3.08. The number of hydrogen-bond acceptors (Lipinski definition) is 2. The SMILES string of the molecule is CC(=O)C1CCCN(CC(F)(F)c2ccccc2)C1. The molecule has 0 aromatic heterocycles. The van der Waals surface area contributed by atoms with Crippen LogP contribution in [0.5, 0.6) is 0 Å². The van der Waals surface area contributed by atoms with E-state index in [1.165, 1.54) is 12.1 Å². The third-order valence-corrected chi connectivity index (χ3v) is 3.70. The Hall–Kier alpha value is -1.29. The molecule has 0 spiro atoms. The Labute approximate surface area is 112 Å². The number of piperidine rings is 1. The topological polar surface area (TPSA) is 20.3 Å². The van der Waals surface area contributed by atoms with Crippen molar-refractivity contribution in [2.75, 3.05) is 19.6 Å². The fourth-order valence-electron chi connectivity index (χ4n) is 2.59. The van der Waals surface area contributed by atoms with E-state index in [0.29, 0.717) is 13.1 Å². The second-order valence-corrected chi connectivity index (χ2v) is 5.26. The molecule has 1 atom stereocenters. The Bertz CT molecular complexity index is 433. The van der Waals surface area contributed by atoms with E-state index in [1.807, 2.05) is 0 Å². The molecule has 0 N–H and O–H groups in total. The summed E-state index contributed by atoms with van der Waals surface area (Å²) in [6.45, 7) is 2.34. The van der Waals surface area contributed by atoms with Gasteiger partial charge in [-0.2, -0.15) is 8.78 Å². The van der Waals surface area contributed by atoms with Gasteiger partial charge in [-0.1, -0.05) is 30.3 Å². The number of benzene rings is 1. The van der Waals surface area contributed by atoms with Crippen LogP contribution in [0.2, 0.25) is 0 Å². The van der Waals surface area contributed by atoms with Crippen LogP contribution < -0.4 is 0 Å². The van der Waals surface area contributed by atoms with Gasteiger partial charge in [-0.05, 0) is 26.3 Å². The molecule has 0 aliphatic carbocycles. The molecule has 0 radical (unpaired) electrons. The second kappa shape index (κ2) is 5.78. The number of nitrogens with zero attached hydrogens (tertiary/aromatic N) is 1. The van der Waals surface area contributed by atoms with E-state index in [2.05, 4.69) is 0 Å². The largest absolute Gasteiger partial charge is 0.300 e. The van der Waals surface area contributed by atoms with Crippen LogP contribution in [0, 0.1) is 5.92 Å². The van der Waals surface area contributed by atoms with Gasteiger partial charge in [-0.25, -0.2) is 0 Å². The molecule has 0 saturated carbocycles. The summed E-state index contributed by atoms with van der Waals surface area (Å²) in [6.07, 6.45) is 1.64. The van der Waals surface area contributed by atoms with E-state index >= 15 is 0 Å². The maximum atomic E-state index is 14.1. The number of halogens is 2. The monoisotopic (exact) mass is 267 g/mol. The predicted molar refractivity (Wildman–Crippen MR) is 70.2 cm³/mol. The number of rotatable bonds is 4. The third-order valence-electron chi connectivity index (χ3n) is 3.70. The van der Waals surface area contributed by atoms with Crippen molar-refractivity contribution < 1.29 is 13.6 Å². The van der Waals surface area contributed by atoms with Crippen molar-refractivity contribution in [2.45, 2.75) is 25.7 Å². The molecule has 1 heterocycles. The van der Waals surface area contributed by atoms with Crippen LogP contribution in [0.3, 0.4) is 0 Å². The summed E-state index contributed by atoms with van der Waals surface area (Å²) in [7, 11) is 0. The van der Waals surface area contributed by atoms with Gasteiger partial charge in [-0.15, -0.1) is 0 Å². The van der Waals surface area contributed by atoms with Gasteiger partial charge in [0.2, 0.25) is 0 Å². The minimum atomic E-state index is -2.86. The molecule has 1 aliphatic heterocycles. The molecule has 2 nitrogen and oxygen atoms in total. The second-order valence-electron chi connectivity index (χ2n) is 5.26. The Morgan fingerprint density at radius 3 is 2.68 bits per heavy atom. The quantitative estimate of drug-likeness (QED) is 0.835. The number of carbonyl (C=O) groups excluding carboxylic acids is 1. The summed E-state index contributed by atoms with van der Waals surface area (Å²) in [5.41, 5.74) is 0.0416. The van der Waals surface area contributed by atoms with Gasteiger partial charge in [0.05, 0.1) is 6.54 Å². The van der Waals surface area contributed by atoms with Crippen molar-refractivity contribution in [2.24, 2.45) is 5.92 Å². The zero-order chi connectivity index (χ0) is 13.9. The minimum Gasteiger partial charge on any atom is -0.300 e. The fraction of sp³-hybridized carbons (Fsp3) is 0.533. The highest BCUT2D eigenvalue weighted by atomic mass is 19.3. The molecule has 104 valence electrons.